The van der Waals surface area contributed by atoms with Gasteiger partial charge in [-0.1, -0.05) is 49.6 Å². The first-order valence-corrected chi connectivity index (χ1v) is 8.77. The predicted octanol–water partition coefficient (Wildman–Crippen LogP) is 4.65. The van der Waals surface area contributed by atoms with Gasteiger partial charge >= 0.3 is 0 Å². The molecular weight excluding hydrogens is 254 g/mol. The molecule has 0 heterocycles. The van der Waals surface area contributed by atoms with Crippen LogP contribution in [0.1, 0.15) is 56.2 Å². The Labute approximate surface area is 130 Å². The minimum atomic E-state index is 0.521. The summed E-state index contributed by atoms with van der Waals surface area (Å²) in [5, 5.41) is 3.76. The van der Waals surface area contributed by atoms with Crippen molar-refractivity contribution >= 4 is 0 Å². The van der Waals surface area contributed by atoms with Gasteiger partial charge in [-0.15, -0.1) is 0 Å². The van der Waals surface area contributed by atoms with Crippen LogP contribution in [-0.4, -0.2) is 12.6 Å². The van der Waals surface area contributed by atoms with Crippen LogP contribution in [-0.2, 0) is 6.42 Å². The van der Waals surface area contributed by atoms with Gasteiger partial charge in [0, 0.05) is 12.6 Å². The highest BCUT2D eigenvalue weighted by molar-refractivity contribution is 5.30. The molecule has 3 unspecified atom stereocenters. The number of fused-ring (bicyclic) bond motifs is 2. The smallest absolute Gasteiger partial charge is 0.00161 e. The molecule has 0 saturated heterocycles. The van der Waals surface area contributed by atoms with Crippen molar-refractivity contribution < 1.29 is 0 Å². The first-order chi connectivity index (χ1) is 9.97. The summed E-state index contributed by atoms with van der Waals surface area (Å²) in [4.78, 5) is 0. The Bertz CT molecular complexity index is 484. The van der Waals surface area contributed by atoms with Gasteiger partial charge in [-0.2, -0.15) is 0 Å². The maximum absolute atomic E-state index is 3.76. The van der Waals surface area contributed by atoms with Gasteiger partial charge in [-0.25, -0.2) is 0 Å². The van der Waals surface area contributed by atoms with Crippen LogP contribution in [0.15, 0.2) is 18.2 Å². The quantitative estimate of drug-likeness (QED) is 0.830. The summed E-state index contributed by atoms with van der Waals surface area (Å²) in [6.45, 7) is 10.2. The van der Waals surface area contributed by atoms with Gasteiger partial charge < -0.3 is 5.32 Å². The lowest BCUT2D eigenvalue weighted by molar-refractivity contribution is 0.152. The molecule has 2 fully saturated rings. The molecule has 21 heavy (non-hydrogen) atoms. The third-order valence-corrected chi connectivity index (χ3v) is 5.80. The van der Waals surface area contributed by atoms with E-state index in [0.717, 1.165) is 11.8 Å². The fraction of sp³-hybridized carbons (Fsp3) is 0.700. The Balaban J connectivity index is 1.82. The van der Waals surface area contributed by atoms with E-state index in [1.54, 1.807) is 5.56 Å². The van der Waals surface area contributed by atoms with Gasteiger partial charge in [0.2, 0.25) is 0 Å². The molecule has 0 amide bonds. The second-order valence-electron chi connectivity index (χ2n) is 8.15. The maximum atomic E-state index is 3.76. The summed E-state index contributed by atoms with van der Waals surface area (Å²) in [5.41, 5.74) is 4.92. The van der Waals surface area contributed by atoms with Crippen molar-refractivity contribution in [1.29, 1.82) is 0 Å². The Kier molecular flexibility index (Phi) is 4.14. The molecule has 1 aromatic carbocycles. The fourth-order valence-electron chi connectivity index (χ4n) is 5.04. The molecule has 3 rings (SSSR count). The number of benzene rings is 1. The average molecular weight is 285 g/mol. The zero-order valence-corrected chi connectivity index (χ0v) is 14.2. The topological polar surface area (TPSA) is 12.0 Å². The Morgan fingerprint density at radius 2 is 1.86 bits per heavy atom. The molecule has 2 aliphatic carbocycles. The molecule has 1 N–H and O–H groups in total. The molecule has 2 saturated carbocycles. The van der Waals surface area contributed by atoms with Crippen molar-refractivity contribution in [2.45, 2.75) is 65.8 Å². The van der Waals surface area contributed by atoms with Crippen LogP contribution in [0.4, 0.5) is 0 Å². The summed E-state index contributed by atoms with van der Waals surface area (Å²) < 4.78 is 0. The van der Waals surface area contributed by atoms with Gasteiger partial charge in [-0.05, 0) is 62.3 Å². The average Bonchev–Trinajstić information content (AvgIpc) is 2.96. The van der Waals surface area contributed by atoms with Crippen molar-refractivity contribution in [1.82, 2.24) is 5.32 Å². The zero-order valence-electron chi connectivity index (χ0n) is 14.2. The molecule has 116 valence electrons. The van der Waals surface area contributed by atoms with E-state index >= 15 is 0 Å². The summed E-state index contributed by atoms with van der Waals surface area (Å²) in [5.74, 6) is 1.96. The summed E-state index contributed by atoms with van der Waals surface area (Å²) in [6, 6.07) is 7.72. The van der Waals surface area contributed by atoms with E-state index in [4.69, 9.17) is 0 Å². The van der Waals surface area contributed by atoms with E-state index in [-0.39, 0.29) is 0 Å². The molecular formula is C20H31N. The molecule has 3 atom stereocenters. The molecule has 1 heteroatoms. The summed E-state index contributed by atoms with van der Waals surface area (Å²) >= 11 is 0. The second-order valence-corrected chi connectivity index (χ2v) is 8.15. The molecule has 1 aromatic rings. The molecule has 0 aliphatic heterocycles. The predicted molar refractivity (Wildman–Crippen MR) is 90.6 cm³/mol. The highest BCUT2D eigenvalue weighted by atomic mass is 14.9. The van der Waals surface area contributed by atoms with Crippen LogP contribution in [0.25, 0.3) is 0 Å². The molecule has 2 bridgehead atoms. The standard InChI is InChI=1S/C20H31N/c1-14(2)21-13-20(11-17-5-6-19(20)10-17)12-18-8-15(3)7-16(4)9-18/h7-9,14,17,19,21H,5-6,10-13H2,1-4H3. The number of aryl methyl sites for hydroxylation is 2. The summed E-state index contributed by atoms with van der Waals surface area (Å²) in [7, 11) is 0. The largest absolute Gasteiger partial charge is 0.314 e. The lowest BCUT2D eigenvalue weighted by Crippen LogP contribution is -2.42. The van der Waals surface area contributed by atoms with E-state index in [2.05, 4.69) is 51.2 Å². The molecule has 0 spiro atoms. The number of nitrogens with one attached hydrogen (secondary N) is 1. The van der Waals surface area contributed by atoms with Crippen molar-refractivity contribution in [3.05, 3.63) is 34.9 Å². The normalized spacial score (nSPS) is 31.3. The molecule has 0 radical (unpaired) electrons. The fourth-order valence-corrected chi connectivity index (χ4v) is 5.04. The van der Waals surface area contributed by atoms with Crippen LogP contribution in [0.5, 0.6) is 0 Å². The minimum absolute atomic E-state index is 0.521. The third-order valence-electron chi connectivity index (χ3n) is 5.80. The van der Waals surface area contributed by atoms with Gasteiger partial charge in [-0.3, -0.25) is 0 Å². The van der Waals surface area contributed by atoms with Crippen LogP contribution < -0.4 is 5.32 Å². The lowest BCUT2D eigenvalue weighted by Gasteiger charge is -2.39. The number of hydrogen-bond donors (Lipinski definition) is 1. The number of rotatable bonds is 5. The zero-order chi connectivity index (χ0) is 15.0. The Morgan fingerprint density at radius 1 is 1.14 bits per heavy atom. The van der Waals surface area contributed by atoms with Gasteiger partial charge in [0.25, 0.3) is 0 Å². The highest BCUT2D eigenvalue weighted by Crippen LogP contribution is 2.57. The Hall–Kier alpha value is -0.820. The summed E-state index contributed by atoms with van der Waals surface area (Å²) in [6.07, 6.45) is 7.17. The van der Waals surface area contributed by atoms with Crippen LogP contribution in [0, 0.1) is 31.1 Å². The maximum Gasteiger partial charge on any atom is 0.00161 e. The van der Waals surface area contributed by atoms with E-state index < -0.39 is 0 Å². The van der Waals surface area contributed by atoms with Crippen molar-refractivity contribution in [2.24, 2.45) is 17.3 Å². The third kappa shape index (κ3) is 3.18. The number of hydrogen-bond acceptors (Lipinski definition) is 1. The van der Waals surface area contributed by atoms with Gasteiger partial charge in [0.1, 0.15) is 0 Å². The van der Waals surface area contributed by atoms with Crippen molar-refractivity contribution in [3.8, 4) is 0 Å². The van der Waals surface area contributed by atoms with Crippen molar-refractivity contribution in [3.63, 3.8) is 0 Å². The van der Waals surface area contributed by atoms with E-state index in [1.807, 2.05) is 0 Å². The SMILES string of the molecule is Cc1cc(C)cc(CC2(CNC(C)C)CC3CCC2C3)c1. The first-order valence-electron chi connectivity index (χ1n) is 8.77. The Morgan fingerprint density at radius 3 is 2.38 bits per heavy atom. The minimum Gasteiger partial charge on any atom is -0.314 e. The van der Waals surface area contributed by atoms with Crippen LogP contribution in [0.3, 0.4) is 0 Å². The second kappa shape index (κ2) is 5.76. The first kappa shape index (κ1) is 15.1. The molecule has 1 nitrogen and oxygen atoms in total. The van der Waals surface area contributed by atoms with Gasteiger partial charge in [0.05, 0.1) is 0 Å². The van der Waals surface area contributed by atoms with E-state index in [1.165, 1.54) is 49.8 Å². The van der Waals surface area contributed by atoms with Crippen LogP contribution >= 0.6 is 0 Å². The van der Waals surface area contributed by atoms with Gasteiger partial charge in [0.15, 0.2) is 0 Å². The highest BCUT2D eigenvalue weighted by Gasteiger charge is 2.50. The van der Waals surface area contributed by atoms with Crippen LogP contribution in [0.2, 0.25) is 0 Å². The monoisotopic (exact) mass is 285 g/mol. The van der Waals surface area contributed by atoms with E-state index in [9.17, 15) is 0 Å². The molecule has 0 aromatic heterocycles. The lowest BCUT2D eigenvalue weighted by atomic mass is 9.69. The van der Waals surface area contributed by atoms with E-state index in [0.29, 0.717) is 11.5 Å². The molecule has 2 aliphatic rings. The van der Waals surface area contributed by atoms with Crippen molar-refractivity contribution in [2.75, 3.05) is 6.54 Å².